The molecule has 0 saturated heterocycles. The Morgan fingerprint density at radius 1 is 1.25 bits per heavy atom. The van der Waals surface area contributed by atoms with Crippen LogP contribution in [0.1, 0.15) is 18.9 Å². The van der Waals surface area contributed by atoms with Crippen molar-refractivity contribution in [3.05, 3.63) is 40.5 Å². The number of rotatable bonds is 6. The van der Waals surface area contributed by atoms with Gasteiger partial charge in [0.2, 0.25) is 0 Å². The molecule has 0 aliphatic heterocycles. The van der Waals surface area contributed by atoms with Crippen LogP contribution in [0.3, 0.4) is 0 Å². The normalized spacial score (nSPS) is 10.6. The Morgan fingerprint density at radius 2 is 2.00 bits per heavy atom. The van der Waals surface area contributed by atoms with E-state index in [9.17, 15) is 0 Å². The van der Waals surface area contributed by atoms with E-state index < -0.39 is 0 Å². The van der Waals surface area contributed by atoms with E-state index in [1.807, 2.05) is 24.3 Å². The zero-order chi connectivity index (χ0) is 14.4. The summed E-state index contributed by atoms with van der Waals surface area (Å²) in [6.07, 6.45) is 2.83. The third-order valence-electron chi connectivity index (χ3n) is 2.81. The predicted octanol–water partition coefficient (Wildman–Crippen LogP) is 3.87. The van der Waals surface area contributed by atoms with E-state index in [0.29, 0.717) is 6.61 Å². The molecule has 1 aromatic carbocycles. The molecule has 4 nitrogen and oxygen atoms in total. The van der Waals surface area contributed by atoms with E-state index in [0.717, 1.165) is 40.2 Å². The number of anilines is 1. The smallest absolute Gasteiger partial charge is 0.161 e. The number of hydrogen-bond acceptors (Lipinski definition) is 4. The van der Waals surface area contributed by atoms with Gasteiger partial charge in [0, 0.05) is 25.4 Å². The van der Waals surface area contributed by atoms with Crippen molar-refractivity contribution < 1.29 is 4.74 Å². The maximum absolute atomic E-state index is 5.11. The van der Waals surface area contributed by atoms with Gasteiger partial charge < -0.3 is 10.1 Å². The molecule has 0 spiro atoms. The second kappa shape index (κ2) is 7.36. The molecule has 0 atom stereocenters. The quantitative estimate of drug-likeness (QED) is 0.870. The van der Waals surface area contributed by atoms with Crippen LogP contribution in [-0.2, 0) is 11.3 Å². The maximum Gasteiger partial charge on any atom is 0.161 e. The lowest BCUT2D eigenvalue weighted by Gasteiger charge is -2.08. The largest absolute Gasteiger partial charge is 0.380 e. The highest BCUT2D eigenvalue weighted by molar-refractivity contribution is 9.10. The predicted molar refractivity (Wildman–Crippen MR) is 84.7 cm³/mol. The first-order valence-electron chi connectivity index (χ1n) is 6.59. The van der Waals surface area contributed by atoms with Crippen molar-refractivity contribution >= 4 is 21.7 Å². The van der Waals surface area contributed by atoms with Crippen LogP contribution in [0.15, 0.2) is 34.9 Å². The molecule has 2 aromatic rings. The molecule has 0 aliphatic rings. The van der Waals surface area contributed by atoms with E-state index in [1.54, 1.807) is 13.3 Å². The highest BCUT2D eigenvalue weighted by Gasteiger charge is 2.06. The van der Waals surface area contributed by atoms with Gasteiger partial charge >= 0.3 is 0 Å². The first kappa shape index (κ1) is 14.9. The van der Waals surface area contributed by atoms with E-state index in [4.69, 9.17) is 4.74 Å². The highest BCUT2D eigenvalue weighted by Crippen LogP contribution is 2.23. The first-order valence-corrected chi connectivity index (χ1v) is 7.38. The minimum Gasteiger partial charge on any atom is -0.380 e. The molecule has 1 aromatic heterocycles. The molecule has 1 N–H and O–H groups in total. The van der Waals surface area contributed by atoms with E-state index in [2.05, 4.69) is 38.1 Å². The number of nitrogens with one attached hydrogen (secondary N) is 1. The van der Waals surface area contributed by atoms with Crippen LogP contribution in [0.25, 0.3) is 11.4 Å². The summed E-state index contributed by atoms with van der Waals surface area (Å²) in [5, 5.41) is 3.29. The lowest BCUT2D eigenvalue weighted by atomic mass is 10.1. The number of aromatic nitrogens is 2. The molecule has 0 unspecified atom stereocenters. The van der Waals surface area contributed by atoms with Crippen LogP contribution in [0.2, 0.25) is 0 Å². The number of nitrogens with zero attached hydrogens (tertiary/aromatic N) is 2. The molecule has 0 saturated carbocycles. The van der Waals surface area contributed by atoms with Gasteiger partial charge in [-0.1, -0.05) is 31.2 Å². The third-order valence-corrected chi connectivity index (χ3v) is 3.39. The molecule has 0 aliphatic carbocycles. The average Bonchev–Trinajstić information content (AvgIpc) is 2.48. The fourth-order valence-corrected chi connectivity index (χ4v) is 2.12. The van der Waals surface area contributed by atoms with Gasteiger partial charge in [0.15, 0.2) is 5.82 Å². The topological polar surface area (TPSA) is 47.0 Å². The van der Waals surface area contributed by atoms with Crippen LogP contribution in [0.5, 0.6) is 0 Å². The van der Waals surface area contributed by atoms with Crippen molar-refractivity contribution in [3.8, 4) is 11.4 Å². The molecule has 0 bridgehead atoms. The lowest BCUT2D eigenvalue weighted by Crippen LogP contribution is -2.04. The minimum atomic E-state index is 0.616. The summed E-state index contributed by atoms with van der Waals surface area (Å²) in [6, 6.07) is 8.09. The summed E-state index contributed by atoms with van der Waals surface area (Å²) >= 11 is 3.46. The van der Waals surface area contributed by atoms with Crippen LogP contribution in [0, 0.1) is 0 Å². The second-order valence-electron chi connectivity index (χ2n) is 4.45. The molecule has 5 heteroatoms. The zero-order valence-corrected chi connectivity index (χ0v) is 13.3. The molecular formula is C15H18BrN3O. The van der Waals surface area contributed by atoms with Gasteiger partial charge in [0.1, 0.15) is 5.82 Å². The van der Waals surface area contributed by atoms with Gasteiger partial charge in [-0.2, -0.15) is 0 Å². The monoisotopic (exact) mass is 335 g/mol. The molecule has 106 valence electrons. The Bertz CT molecular complexity index is 558. The fraction of sp³-hybridized carbons (Fsp3) is 0.333. The number of benzene rings is 1. The average molecular weight is 336 g/mol. The van der Waals surface area contributed by atoms with Crippen molar-refractivity contribution in [2.45, 2.75) is 20.0 Å². The van der Waals surface area contributed by atoms with Crippen molar-refractivity contribution in [1.82, 2.24) is 9.97 Å². The van der Waals surface area contributed by atoms with E-state index in [-0.39, 0.29) is 0 Å². The second-order valence-corrected chi connectivity index (χ2v) is 5.30. The highest BCUT2D eigenvalue weighted by atomic mass is 79.9. The summed E-state index contributed by atoms with van der Waals surface area (Å²) in [7, 11) is 1.69. The van der Waals surface area contributed by atoms with Crippen molar-refractivity contribution in [2.75, 3.05) is 19.0 Å². The van der Waals surface area contributed by atoms with Crippen LogP contribution in [0.4, 0.5) is 5.82 Å². The van der Waals surface area contributed by atoms with Crippen molar-refractivity contribution in [3.63, 3.8) is 0 Å². The standard InChI is InChI=1S/C15H18BrN3O/c1-3-8-17-15-13(16)9-18-14(19-15)12-6-4-11(5-7-12)10-20-2/h4-7,9H,3,8,10H2,1-2H3,(H,17,18,19). The van der Waals surface area contributed by atoms with Crippen LogP contribution in [-0.4, -0.2) is 23.6 Å². The molecule has 20 heavy (non-hydrogen) atoms. The Hall–Kier alpha value is -1.46. The zero-order valence-electron chi connectivity index (χ0n) is 11.7. The maximum atomic E-state index is 5.11. The van der Waals surface area contributed by atoms with Gasteiger partial charge in [0.05, 0.1) is 11.1 Å². The molecular weight excluding hydrogens is 318 g/mol. The number of halogens is 1. The van der Waals surface area contributed by atoms with E-state index >= 15 is 0 Å². The summed E-state index contributed by atoms with van der Waals surface area (Å²) in [5.41, 5.74) is 2.13. The third kappa shape index (κ3) is 3.77. The summed E-state index contributed by atoms with van der Waals surface area (Å²) in [6.45, 7) is 3.63. The Kier molecular flexibility index (Phi) is 5.49. The van der Waals surface area contributed by atoms with Gasteiger partial charge in [-0.3, -0.25) is 0 Å². The number of ether oxygens (including phenoxy) is 1. The van der Waals surface area contributed by atoms with Crippen molar-refractivity contribution in [2.24, 2.45) is 0 Å². The molecule has 0 fully saturated rings. The molecule has 1 heterocycles. The Balaban J connectivity index is 2.23. The van der Waals surface area contributed by atoms with Gasteiger partial charge in [0.25, 0.3) is 0 Å². The Labute approximate surface area is 127 Å². The molecule has 0 amide bonds. The number of hydrogen-bond donors (Lipinski definition) is 1. The fourth-order valence-electron chi connectivity index (χ4n) is 1.79. The van der Waals surface area contributed by atoms with Crippen molar-refractivity contribution in [1.29, 1.82) is 0 Å². The summed E-state index contributed by atoms with van der Waals surface area (Å²) < 4.78 is 5.99. The van der Waals surface area contributed by atoms with Gasteiger partial charge in [-0.15, -0.1) is 0 Å². The first-order chi connectivity index (χ1) is 9.74. The number of methoxy groups -OCH3 is 1. The van der Waals surface area contributed by atoms with Gasteiger partial charge in [-0.25, -0.2) is 9.97 Å². The lowest BCUT2D eigenvalue weighted by molar-refractivity contribution is 0.185. The van der Waals surface area contributed by atoms with Crippen LogP contribution >= 0.6 is 15.9 Å². The Morgan fingerprint density at radius 3 is 2.65 bits per heavy atom. The van der Waals surface area contributed by atoms with Gasteiger partial charge in [-0.05, 0) is 27.9 Å². The summed E-state index contributed by atoms with van der Waals surface area (Å²) in [4.78, 5) is 8.92. The molecule has 2 rings (SSSR count). The SMILES string of the molecule is CCCNc1nc(-c2ccc(COC)cc2)ncc1Br. The minimum absolute atomic E-state index is 0.616. The molecule has 0 radical (unpaired) electrons. The summed E-state index contributed by atoms with van der Waals surface area (Å²) in [5.74, 6) is 1.55. The van der Waals surface area contributed by atoms with E-state index in [1.165, 1.54) is 0 Å². The van der Waals surface area contributed by atoms with Crippen LogP contribution < -0.4 is 5.32 Å².